The molecule has 0 radical (unpaired) electrons. The molecular weight excluding hydrogens is 1550 g/mol. The molecule has 6 aliphatic heterocycles. The van der Waals surface area contributed by atoms with Gasteiger partial charge in [-0.25, -0.2) is 4.98 Å². The van der Waals surface area contributed by atoms with Gasteiger partial charge in [-0.15, -0.1) is 0 Å². The van der Waals surface area contributed by atoms with Gasteiger partial charge in [0.25, 0.3) is 0 Å². The van der Waals surface area contributed by atoms with E-state index in [1.165, 1.54) is 60.6 Å². The third-order valence-electron chi connectivity index (χ3n) is 19.6. The van der Waals surface area contributed by atoms with E-state index in [1.54, 1.807) is 10.9 Å². The molecule has 1 aromatic heterocycles. The molecule has 7 aliphatic rings. The van der Waals surface area contributed by atoms with Crippen molar-refractivity contribution in [3.63, 3.8) is 0 Å². The van der Waals surface area contributed by atoms with Gasteiger partial charge in [0.2, 0.25) is 0 Å². The number of rotatable bonds is 23. The van der Waals surface area contributed by atoms with Crippen LogP contribution in [-0.2, 0) is 117 Å². The first kappa shape index (κ1) is 86.6. The van der Waals surface area contributed by atoms with Gasteiger partial charge < -0.3 is 54.2 Å². The summed E-state index contributed by atoms with van der Waals surface area (Å²) in [6.45, 7) is 11.1. The number of phenols is 1. The molecule has 29 atom stereocenters. The van der Waals surface area contributed by atoms with Crippen molar-refractivity contribution in [2.75, 3.05) is 13.7 Å². The standard InChI is InChI=1S/C52H76O24.C12H12Cl2N2O4.2Cr.K.6O/c1-18-29(72-34-14-30(43(58)21(4)68-34)73-33-13-28(54)42(57)20(3)67-33)12-26-10-25-11-27(49(66-9)48(63)41(56)19(2)53)50(47(62)39(25)46(61)38(26)40(18)55)76-36-16-31(44(59)23(6)70-36)74-35-15-32(45(60)22(5)69-35)75-37-17-52(8,65)51(64)24(7)71-37;13-19-10-9(5-17)18-12(11(10)20-14)16-6-15-7-3-1-2-4-8(7)16;;;;;;;;;/h10,12,19-24,27-28,30-37,41-45,49-51,53-61,64-65H,11,13-17H2,1-9H3;1-4,6,9-12,17H,5H2;;;;;;;;;/q;;;2*+1;;;;;;-1/p-1/t19-,20-,21-,22-,23-,24-,27?,28-,30-,31-,32-,33+,34+,35+,36+,37+,41+,42-,43+,44-,45-,49+,50+,51-,52+;9-,10-,11-,12?;;;;;;;;;/m11........./s1. The van der Waals surface area contributed by atoms with Crippen LogP contribution in [0.25, 0.3) is 21.8 Å². The van der Waals surface area contributed by atoms with Crippen LogP contribution in [0.1, 0.15) is 108 Å². The summed E-state index contributed by atoms with van der Waals surface area (Å²) in [6.07, 6.45) is -32.1. The van der Waals surface area contributed by atoms with Crippen LogP contribution in [0.15, 0.2) is 42.7 Å². The molecule has 4 aromatic rings. The molecule has 11 rings (SSSR count). The number of fused-ring (bicyclic) bond motifs is 3. The average molecular weight is 1640 g/mol. The summed E-state index contributed by atoms with van der Waals surface area (Å²) in [4.78, 5) is 33.8. The molecule has 584 valence electrons. The molecule has 1 aliphatic carbocycles. The minimum Gasteiger partial charge on any atom is -0.394 e. The molecule has 6 saturated heterocycles. The monoisotopic (exact) mass is 1640 g/mol. The third kappa shape index (κ3) is 19.5. The van der Waals surface area contributed by atoms with Crippen molar-refractivity contribution in [2.45, 2.75) is 265 Å². The Morgan fingerprint density at radius 1 is 0.762 bits per heavy atom. The fraction of sp³-hybridized carbons (Fsp3) is 0.703. The van der Waals surface area contributed by atoms with Crippen LogP contribution in [-0.4, -0.2) is 256 Å². The molecule has 7 heterocycles. The zero-order valence-electron chi connectivity index (χ0n) is 58.4. The Bertz CT molecular complexity index is 3870. The number of carbonyl (C=O) groups is 2. The van der Waals surface area contributed by atoms with Crippen molar-refractivity contribution >= 4 is 57.1 Å². The molecule has 41 heteroatoms. The van der Waals surface area contributed by atoms with Crippen LogP contribution < -0.4 is 64.1 Å². The van der Waals surface area contributed by atoms with E-state index >= 15 is 4.79 Å². The maximum atomic E-state index is 15.5. The number of aliphatic hydroxyl groups is 10. The van der Waals surface area contributed by atoms with E-state index in [1.807, 2.05) is 24.3 Å². The molecule has 105 heavy (non-hydrogen) atoms. The SMILES string of the molecule is CO[C@H](C(=O)[C@@H](O)[C@@H](C)O)C1Cc2cc3cc(O[C@H]4C[C@@H](O[C@H]5C[C@@H](O)[C@H](O)[C@@H](C)O5)[C@@H](O)[C@@H](C)O4)c(C)c(O)c3c([O][Cr](=[O])(=[O])[O][Cr](=[O])(=[O])[O-])c2C(=O)[C@H]1O[C@H]1C[C@@H](O[C@H]2C[C@@H](O[C@H]3C[C@](C)(O)[C@H](O)[C@@H](C)O3)[C@H](O)[C@@H](C)O2)[C@H](O)[C@@H](C)O1.OC[C@H]1OC(n2cnc3ccccc32)[C@H](OCl)[C@@H]1OCl.[K+]. The molecule has 0 bridgehead atoms. The number of ether oxygens (including phenoxy) is 12. The Labute approximate surface area is 658 Å². The number of aliphatic hydroxyl groups excluding tert-OH is 9. The Morgan fingerprint density at radius 2 is 1.30 bits per heavy atom. The molecular formula is C64H87Cl2Cr2KN2O34. The first-order chi connectivity index (χ1) is 48.9. The second kappa shape index (κ2) is 35.8. The van der Waals surface area contributed by atoms with Crippen molar-refractivity contribution in [1.82, 2.24) is 9.55 Å². The van der Waals surface area contributed by atoms with E-state index in [9.17, 15) is 80.3 Å². The van der Waals surface area contributed by atoms with Gasteiger partial charge in [0.05, 0.1) is 83.8 Å². The number of imidazole rings is 1. The molecule has 3 aromatic carbocycles. The molecule has 0 saturated carbocycles. The van der Waals surface area contributed by atoms with Gasteiger partial charge >= 0.3 is 399 Å². The first-order valence-electron chi connectivity index (χ1n) is 33.4. The summed E-state index contributed by atoms with van der Waals surface area (Å²) in [6, 6.07) is 10.1. The number of aromatic hydroxyl groups is 1. The number of methoxy groups -OCH3 is 1. The van der Waals surface area contributed by atoms with Crippen LogP contribution in [0.4, 0.5) is 0 Å². The molecule has 6 fully saturated rings. The molecule has 0 spiro atoms. The van der Waals surface area contributed by atoms with Crippen molar-refractivity contribution in [2.24, 2.45) is 5.92 Å². The topological polar surface area (TPSA) is 514 Å². The van der Waals surface area contributed by atoms with Gasteiger partial charge in [-0.1, -0.05) is 12.1 Å². The molecule has 0 amide bonds. The fourth-order valence-corrected chi connectivity index (χ4v) is 16.9. The molecule has 36 nitrogen and oxygen atoms in total. The maximum Gasteiger partial charge on any atom is 1.00 e. The average Bonchev–Trinajstić information content (AvgIpc) is 1.35. The number of benzene rings is 3. The summed E-state index contributed by atoms with van der Waals surface area (Å²) >= 11 is -2.94. The minimum atomic E-state index is -6.98. The Balaban J connectivity index is 0.000000519. The summed E-state index contributed by atoms with van der Waals surface area (Å²) in [5.41, 5.74) is -0.994. The number of ketones is 2. The van der Waals surface area contributed by atoms with Gasteiger partial charge in [0.15, 0.2) is 18.6 Å². The van der Waals surface area contributed by atoms with Gasteiger partial charge in [0.1, 0.15) is 30.5 Å². The van der Waals surface area contributed by atoms with E-state index in [0.29, 0.717) is 0 Å². The van der Waals surface area contributed by atoms with Crippen molar-refractivity contribution in [3.8, 4) is 17.2 Å². The smallest absolute Gasteiger partial charge is 0.394 e. The van der Waals surface area contributed by atoms with Crippen molar-refractivity contribution in [1.29, 1.82) is 0 Å². The zero-order chi connectivity index (χ0) is 76.1. The fourth-order valence-electron chi connectivity index (χ4n) is 14.1. The van der Waals surface area contributed by atoms with Crippen LogP contribution in [0, 0.1) is 12.8 Å². The number of hydrogen-bond acceptors (Lipinski definition) is 35. The summed E-state index contributed by atoms with van der Waals surface area (Å²) in [5.74, 6) is -5.98. The summed E-state index contributed by atoms with van der Waals surface area (Å²) in [5, 5.41) is 117. The van der Waals surface area contributed by atoms with Crippen molar-refractivity contribution < 1.29 is 236 Å². The number of aromatic nitrogens is 2. The first-order valence-corrected chi connectivity index (χ1v) is 38.2. The van der Waals surface area contributed by atoms with Crippen molar-refractivity contribution in [3.05, 3.63) is 59.4 Å². The van der Waals surface area contributed by atoms with Gasteiger partial charge in [-0.3, -0.25) is 8.58 Å². The van der Waals surface area contributed by atoms with E-state index < -0.39 is 251 Å². The number of para-hydroxylation sites is 2. The Kier molecular flexibility index (Phi) is 29.5. The van der Waals surface area contributed by atoms with Gasteiger partial charge in [-0.2, -0.15) is 0 Å². The molecule has 11 N–H and O–H groups in total. The van der Waals surface area contributed by atoms with E-state index in [-0.39, 0.29) is 106 Å². The van der Waals surface area contributed by atoms with E-state index in [4.69, 9.17) is 92.9 Å². The second-order valence-electron chi connectivity index (χ2n) is 27.2. The quantitative estimate of drug-likeness (QED) is 0.0333. The maximum absolute atomic E-state index is 15.5. The second-order valence-corrected chi connectivity index (χ2v) is 31.4. The number of phenolic OH excluding ortho intramolecular Hbond substituents is 1. The van der Waals surface area contributed by atoms with Crippen LogP contribution in [0.2, 0.25) is 0 Å². The summed E-state index contributed by atoms with van der Waals surface area (Å²) < 4.78 is 155. The van der Waals surface area contributed by atoms with Gasteiger partial charge in [0, 0.05) is 12.8 Å². The van der Waals surface area contributed by atoms with Crippen LogP contribution in [0.5, 0.6) is 17.2 Å². The minimum absolute atomic E-state index is 0. The number of nitrogens with zero attached hydrogens (tertiary/aromatic N) is 2. The third-order valence-corrected chi connectivity index (χ3v) is 23.3. The summed E-state index contributed by atoms with van der Waals surface area (Å²) in [7, 11) is 1.05. The predicted molar refractivity (Wildman–Crippen MR) is 334 cm³/mol. The number of Topliss-reactive ketones (excluding diaryl/α,β-unsaturated/α-hetero) is 2. The van der Waals surface area contributed by atoms with E-state index in [0.717, 1.165) is 25.1 Å². The number of carbonyl (C=O) groups excluding carboxylic acids is 2. The molecule has 2 unspecified atom stereocenters. The van der Waals surface area contributed by atoms with Crippen LogP contribution >= 0.6 is 23.7 Å². The largest absolute Gasteiger partial charge is 1.00 e. The van der Waals surface area contributed by atoms with E-state index in [2.05, 4.69) is 7.82 Å². The number of hydrogen-bond donors (Lipinski definition) is 11. The Morgan fingerprint density at radius 3 is 1.84 bits per heavy atom. The van der Waals surface area contributed by atoms with Crippen LogP contribution in [0.3, 0.4) is 0 Å². The number of halogens is 2. The predicted octanol–water partition coefficient (Wildman–Crippen LogP) is -2.84. The normalized spacial score (nSPS) is 37.7. The Hall–Kier alpha value is -2.39. The zero-order valence-corrected chi connectivity index (χ0v) is 65.6. The van der Waals surface area contributed by atoms with Gasteiger partial charge in [-0.05, 0) is 39.8 Å².